The third-order valence-corrected chi connectivity index (χ3v) is 5.63. The molecule has 4 nitrogen and oxygen atoms in total. The monoisotopic (exact) mass is 342 g/mol. The van der Waals surface area contributed by atoms with Gasteiger partial charge in [-0.15, -0.1) is 0 Å². The molecule has 1 aromatic carbocycles. The molecule has 1 atom stereocenters. The molecule has 2 rings (SSSR count). The molecule has 1 saturated heterocycles. The van der Waals surface area contributed by atoms with Gasteiger partial charge in [0.05, 0.1) is 15.5 Å². The van der Waals surface area contributed by atoms with Crippen LogP contribution in [-0.2, 0) is 16.2 Å². The van der Waals surface area contributed by atoms with Crippen LogP contribution in [0.5, 0.6) is 0 Å². The van der Waals surface area contributed by atoms with Crippen LogP contribution in [0.3, 0.4) is 0 Å². The second-order valence-electron chi connectivity index (χ2n) is 4.81. The molecule has 0 spiro atoms. The van der Waals surface area contributed by atoms with E-state index in [2.05, 4.69) is 5.32 Å². The third-order valence-electron chi connectivity index (χ3n) is 3.29. The van der Waals surface area contributed by atoms with Gasteiger partial charge in [0.15, 0.2) is 0 Å². The lowest BCUT2D eigenvalue weighted by molar-refractivity contribution is -0.137. The van der Waals surface area contributed by atoms with E-state index in [-0.39, 0.29) is 12.6 Å². The Balaban J connectivity index is 2.46. The van der Waals surface area contributed by atoms with E-state index >= 15 is 0 Å². The Labute approximate surface area is 125 Å². The van der Waals surface area contributed by atoms with E-state index in [4.69, 9.17) is 11.6 Å². The molecule has 1 heterocycles. The fraction of sp³-hybridized carbons (Fsp3) is 0.500. The minimum Gasteiger partial charge on any atom is -0.314 e. The van der Waals surface area contributed by atoms with Gasteiger partial charge < -0.3 is 5.32 Å². The van der Waals surface area contributed by atoms with Crippen molar-refractivity contribution in [3.05, 3.63) is 28.8 Å². The van der Waals surface area contributed by atoms with Crippen LogP contribution in [0.15, 0.2) is 23.1 Å². The summed E-state index contributed by atoms with van der Waals surface area (Å²) in [6, 6.07) is 2.33. The number of piperazine rings is 1. The fourth-order valence-corrected chi connectivity index (χ4v) is 4.08. The molecular weight excluding hydrogens is 329 g/mol. The average molecular weight is 343 g/mol. The van der Waals surface area contributed by atoms with E-state index < -0.39 is 31.7 Å². The van der Waals surface area contributed by atoms with Gasteiger partial charge in [0.2, 0.25) is 10.0 Å². The van der Waals surface area contributed by atoms with Crippen LogP contribution in [0.1, 0.15) is 12.5 Å². The summed E-state index contributed by atoms with van der Waals surface area (Å²) in [4.78, 5) is -0.395. The Kier molecular flexibility index (Phi) is 4.53. The van der Waals surface area contributed by atoms with Crippen molar-refractivity contribution in [3.63, 3.8) is 0 Å². The number of benzene rings is 1. The Morgan fingerprint density at radius 2 is 2.05 bits per heavy atom. The maximum atomic E-state index is 12.8. The maximum absolute atomic E-state index is 12.8. The molecule has 0 unspecified atom stereocenters. The molecule has 0 amide bonds. The van der Waals surface area contributed by atoms with Crippen molar-refractivity contribution in [3.8, 4) is 0 Å². The lowest BCUT2D eigenvalue weighted by atomic mass is 10.2. The molecule has 1 aliphatic rings. The van der Waals surface area contributed by atoms with Crippen molar-refractivity contribution in [1.29, 1.82) is 0 Å². The minimum atomic E-state index is -4.70. The van der Waals surface area contributed by atoms with E-state index in [1.54, 1.807) is 6.92 Å². The normalized spacial score (nSPS) is 21.5. The molecule has 0 aromatic heterocycles. The van der Waals surface area contributed by atoms with Crippen LogP contribution >= 0.6 is 11.6 Å². The van der Waals surface area contributed by atoms with Gasteiger partial charge in [0.1, 0.15) is 0 Å². The smallest absolute Gasteiger partial charge is 0.314 e. The second-order valence-corrected chi connectivity index (χ2v) is 7.11. The van der Waals surface area contributed by atoms with E-state index in [1.807, 2.05) is 0 Å². The largest absolute Gasteiger partial charge is 0.417 e. The van der Waals surface area contributed by atoms with Gasteiger partial charge >= 0.3 is 6.18 Å². The van der Waals surface area contributed by atoms with Gasteiger partial charge in [-0.3, -0.25) is 0 Å². The molecule has 9 heteroatoms. The molecule has 0 saturated carbocycles. The van der Waals surface area contributed by atoms with Crippen molar-refractivity contribution in [2.45, 2.75) is 24.0 Å². The number of nitrogens with one attached hydrogen (secondary N) is 1. The van der Waals surface area contributed by atoms with E-state index in [1.165, 1.54) is 4.31 Å². The predicted octanol–water partition coefficient (Wildman–Crippen LogP) is 2.34. The van der Waals surface area contributed by atoms with Crippen LogP contribution in [0, 0.1) is 0 Å². The number of alkyl halides is 3. The highest BCUT2D eigenvalue weighted by atomic mass is 35.5. The molecule has 1 fully saturated rings. The quantitative estimate of drug-likeness (QED) is 0.897. The molecule has 1 N–H and O–H groups in total. The molecule has 0 aliphatic carbocycles. The molecule has 1 aromatic rings. The Bertz CT molecular complexity index is 634. The van der Waals surface area contributed by atoms with Crippen LogP contribution in [-0.4, -0.2) is 38.4 Å². The summed E-state index contributed by atoms with van der Waals surface area (Å²) in [5, 5.41) is 2.51. The summed E-state index contributed by atoms with van der Waals surface area (Å²) in [5.41, 5.74) is -1.15. The summed E-state index contributed by atoms with van der Waals surface area (Å²) in [6.07, 6.45) is -4.70. The second kappa shape index (κ2) is 5.75. The number of nitrogens with zero attached hydrogens (tertiary/aromatic N) is 1. The van der Waals surface area contributed by atoms with E-state index in [0.29, 0.717) is 19.2 Å². The number of halogens is 4. The number of rotatable bonds is 2. The van der Waals surface area contributed by atoms with Gasteiger partial charge in [-0.2, -0.15) is 17.5 Å². The Morgan fingerprint density at radius 1 is 1.38 bits per heavy atom. The average Bonchev–Trinajstić information content (AvgIpc) is 2.37. The molecule has 0 radical (unpaired) electrons. The van der Waals surface area contributed by atoms with Gasteiger partial charge in [-0.25, -0.2) is 8.42 Å². The van der Waals surface area contributed by atoms with Crippen LogP contribution in [0.25, 0.3) is 0 Å². The van der Waals surface area contributed by atoms with Crippen molar-refractivity contribution < 1.29 is 21.6 Å². The highest BCUT2D eigenvalue weighted by Crippen LogP contribution is 2.36. The molecule has 0 bridgehead atoms. The maximum Gasteiger partial charge on any atom is 0.417 e. The minimum absolute atomic E-state index is 0.216. The molecule has 21 heavy (non-hydrogen) atoms. The van der Waals surface area contributed by atoms with Crippen LogP contribution in [0.2, 0.25) is 5.02 Å². The zero-order chi connectivity index (χ0) is 15.8. The topological polar surface area (TPSA) is 49.4 Å². The van der Waals surface area contributed by atoms with Gasteiger partial charge in [0.25, 0.3) is 0 Å². The van der Waals surface area contributed by atoms with Gasteiger partial charge in [0, 0.05) is 25.7 Å². The van der Waals surface area contributed by atoms with Crippen LogP contribution < -0.4 is 5.32 Å². The number of sulfonamides is 1. The first-order valence-electron chi connectivity index (χ1n) is 6.23. The summed E-state index contributed by atoms with van der Waals surface area (Å²) < 4.78 is 64.7. The summed E-state index contributed by atoms with van der Waals surface area (Å²) in [6.45, 7) is 2.83. The number of hydrogen-bond acceptors (Lipinski definition) is 3. The fourth-order valence-electron chi connectivity index (χ4n) is 2.20. The molecular formula is C12H14ClF3N2O2S. The van der Waals surface area contributed by atoms with Crippen molar-refractivity contribution in [1.82, 2.24) is 9.62 Å². The van der Waals surface area contributed by atoms with Crippen molar-refractivity contribution in [2.24, 2.45) is 0 Å². The highest BCUT2D eigenvalue weighted by molar-refractivity contribution is 7.89. The summed E-state index contributed by atoms with van der Waals surface area (Å²) >= 11 is 5.51. The first kappa shape index (κ1) is 16.5. The van der Waals surface area contributed by atoms with Crippen LogP contribution in [0.4, 0.5) is 13.2 Å². The van der Waals surface area contributed by atoms with Gasteiger partial charge in [-0.05, 0) is 25.1 Å². The predicted molar refractivity (Wildman–Crippen MR) is 72.7 cm³/mol. The highest BCUT2D eigenvalue weighted by Gasteiger charge is 2.36. The first-order valence-corrected chi connectivity index (χ1v) is 8.05. The van der Waals surface area contributed by atoms with E-state index in [9.17, 15) is 21.6 Å². The third kappa shape index (κ3) is 3.33. The van der Waals surface area contributed by atoms with E-state index in [0.717, 1.165) is 12.1 Å². The summed E-state index contributed by atoms with van der Waals surface area (Å²) in [5.74, 6) is 0. The molecule has 118 valence electrons. The first-order chi connectivity index (χ1) is 9.64. The lowest BCUT2D eigenvalue weighted by Crippen LogP contribution is -2.52. The standard InChI is InChI=1S/C12H14ClF3N2O2S/c1-8-7-17-4-5-18(8)21(19,20)9-2-3-11(13)10(6-9)12(14,15)16/h2-3,6,8,17H,4-5,7H2,1H3/t8-/m1/s1. The van der Waals surface area contributed by atoms with Crippen molar-refractivity contribution >= 4 is 21.6 Å². The zero-order valence-corrected chi connectivity index (χ0v) is 12.7. The Morgan fingerprint density at radius 3 is 2.62 bits per heavy atom. The SMILES string of the molecule is C[C@@H]1CNCCN1S(=O)(=O)c1ccc(Cl)c(C(F)(F)F)c1. The van der Waals surface area contributed by atoms with Crippen molar-refractivity contribution in [2.75, 3.05) is 19.6 Å². The number of hydrogen-bond donors (Lipinski definition) is 1. The van der Waals surface area contributed by atoms with Gasteiger partial charge in [-0.1, -0.05) is 11.6 Å². The summed E-state index contributed by atoms with van der Waals surface area (Å²) in [7, 11) is -3.98. The Hall–Kier alpha value is -0.830. The lowest BCUT2D eigenvalue weighted by Gasteiger charge is -2.33. The zero-order valence-electron chi connectivity index (χ0n) is 11.1. The molecule has 1 aliphatic heterocycles.